The van der Waals surface area contributed by atoms with Crippen molar-refractivity contribution in [3.8, 4) is 0 Å². The number of piperidine rings is 1. The van der Waals surface area contributed by atoms with Gasteiger partial charge in [0.1, 0.15) is 41.5 Å². The van der Waals surface area contributed by atoms with E-state index in [-0.39, 0.29) is 23.8 Å². The Morgan fingerprint density at radius 1 is 0.947 bits per heavy atom. The second-order valence-corrected chi connectivity index (χ2v) is 13.6. The molecule has 0 spiro atoms. The SMILES string of the molecule is O=[S+]([O-])(CC1CCCCC1)N1CCC(NC2NC(NC3CCC(F)C(Cl)C3)NC(OCC(F)(F)F)N2)CC1. The number of halogens is 5. The molecule has 38 heavy (non-hydrogen) atoms. The molecule has 4 aliphatic rings. The van der Waals surface area contributed by atoms with Gasteiger partial charge in [-0.15, -0.1) is 15.9 Å². The summed E-state index contributed by atoms with van der Waals surface area (Å²) in [6.07, 6.45) is -0.150. The van der Waals surface area contributed by atoms with Crippen LogP contribution in [0.25, 0.3) is 0 Å². The van der Waals surface area contributed by atoms with Gasteiger partial charge in [0.05, 0.1) is 5.38 Å². The molecular weight excluding hydrogens is 552 g/mol. The third-order valence-electron chi connectivity index (χ3n) is 7.90. The fourth-order valence-corrected chi connectivity index (χ4v) is 8.09. The van der Waals surface area contributed by atoms with Crippen LogP contribution in [0.15, 0.2) is 0 Å². The summed E-state index contributed by atoms with van der Waals surface area (Å²) >= 11 is 6.09. The summed E-state index contributed by atoms with van der Waals surface area (Å²) in [5.41, 5.74) is 0. The smallest absolute Gasteiger partial charge is 0.411 e. The summed E-state index contributed by atoms with van der Waals surface area (Å²) in [6.45, 7) is -0.626. The Kier molecular flexibility index (Phi) is 11.1. The zero-order valence-corrected chi connectivity index (χ0v) is 23.1. The van der Waals surface area contributed by atoms with Crippen LogP contribution in [0, 0.1) is 5.92 Å². The third kappa shape index (κ3) is 9.45. The van der Waals surface area contributed by atoms with Crippen molar-refractivity contribution in [2.24, 2.45) is 5.92 Å². The Morgan fingerprint density at radius 2 is 1.58 bits per heavy atom. The minimum atomic E-state index is -4.48. The number of hydrogen-bond donors (Lipinski definition) is 5. The first-order chi connectivity index (χ1) is 18.0. The maximum absolute atomic E-state index is 13.8. The van der Waals surface area contributed by atoms with E-state index >= 15 is 0 Å². The second-order valence-electron chi connectivity index (χ2n) is 11.0. The lowest BCUT2D eigenvalue weighted by Crippen LogP contribution is -2.76. The van der Waals surface area contributed by atoms with Crippen molar-refractivity contribution < 1.29 is 31.1 Å². The molecular formula is C23H41ClF4N6O3S. The first-order valence-electron chi connectivity index (χ1n) is 13.7. The number of nitrogens with zero attached hydrogens (tertiary/aromatic N) is 1. The van der Waals surface area contributed by atoms with Crippen molar-refractivity contribution in [2.45, 2.75) is 113 Å². The molecule has 2 saturated carbocycles. The van der Waals surface area contributed by atoms with Crippen LogP contribution in [0.2, 0.25) is 0 Å². The van der Waals surface area contributed by atoms with Gasteiger partial charge in [-0.25, -0.2) is 4.39 Å². The lowest BCUT2D eigenvalue weighted by atomic mass is 9.91. The van der Waals surface area contributed by atoms with E-state index in [9.17, 15) is 26.3 Å². The van der Waals surface area contributed by atoms with Crippen molar-refractivity contribution in [3.63, 3.8) is 0 Å². The van der Waals surface area contributed by atoms with Crippen molar-refractivity contribution >= 4 is 22.0 Å². The summed E-state index contributed by atoms with van der Waals surface area (Å²) in [5.74, 6) is 0.446. The van der Waals surface area contributed by atoms with Crippen LogP contribution in [0.4, 0.5) is 17.6 Å². The van der Waals surface area contributed by atoms with Crippen LogP contribution in [-0.2, 0) is 19.3 Å². The second kappa shape index (κ2) is 13.7. The number of alkyl halides is 5. The zero-order valence-electron chi connectivity index (χ0n) is 21.5. The molecule has 4 rings (SSSR count). The summed E-state index contributed by atoms with van der Waals surface area (Å²) < 4.78 is 84.6. The van der Waals surface area contributed by atoms with E-state index in [4.69, 9.17) is 16.3 Å². The molecule has 15 heteroatoms. The normalized spacial score (nSPS) is 36.7. The summed E-state index contributed by atoms with van der Waals surface area (Å²) in [5, 5.41) is 15.1. The first-order valence-corrected chi connectivity index (χ1v) is 15.8. The van der Waals surface area contributed by atoms with Gasteiger partial charge in [0, 0.05) is 31.1 Å². The lowest BCUT2D eigenvalue weighted by molar-refractivity contribution is -0.199. The molecule has 2 aliphatic heterocycles. The molecule has 7 unspecified atom stereocenters. The van der Waals surface area contributed by atoms with Gasteiger partial charge in [0.25, 0.3) is 0 Å². The Bertz CT molecular complexity index is 791. The minimum Gasteiger partial charge on any atom is -0.598 e. The van der Waals surface area contributed by atoms with E-state index in [1.165, 1.54) is 6.42 Å². The average Bonchev–Trinajstić information content (AvgIpc) is 2.85. The molecule has 222 valence electrons. The topological polar surface area (TPSA) is 113 Å². The van der Waals surface area contributed by atoms with Crippen LogP contribution in [0.5, 0.6) is 0 Å². The molecule has 0 radical (unpaired) electrons. The van der Waals surface area contributed by atoms with E-state index in [1.54, 1.807) is 4.31 Å². The highest BCUT2D eigenvalue weighted by Gasteiger charge is 2.38. The molecule has 5 N–H and O–H groups in total. The largest absolute Gasteiger partial charge is 0.598 e. The van der Waals surface area contributed by atoms with Gasteiger partial charge in [0.15, 0.2) is 6.35 Å². The average molecular weight is 593 g/mol. The van der Waals surface area contributed by atoms with Crippen molar-refractivity contribution in [1.29, 1.82) is 0 Å². The number of nitrogens with one attached hydrogen (secondary N) is 5. The van der Waals surface area contributed by atoms with E-state index in [0.29, 0.717) is 45.2 Å². The minimum absolute atomic E-state index is 0.0441. The molecule has 2 aliphatic carbocycles. The highest BCUT2D eigenvalue weighted by Crippen LogP contribution is 2.29. The fraction of sp³-hybridized carbons (Fsp3) is 1.00. The number of rotatable bonds is 9. The molecule has 9 nitrogen and oxygen atoms in total. The lowest BCUT2D eigenvalue weighted by Gasteiger charge is -2.43. The molecule has 2 saturated heterocycles. The van der Waals surface area contributed by atoms with Crippen LogP contribution in [0.3, 0.4) is 0 Å². The van der Waals surface area contributed by atoms with Gasteiger partial charge >= 0.3 is 6.18 Å². The van der Waals surface area contributed by atoms with Gasteiger partial charge in [-0.3, -0.25) is 26.6 Å². The molecule has 0 aromatic carbocycles. The maximum Gasteiger partial charge on any atom is 0.411 e. The highest BCUT2D eigenvalue weighted by molar-refractivity contribution is 7.95. The molecule has 2 heterocycles. The Balaban J connectivity index is 1.28. The van der Waals surface area contributed by atoms with E-state index in [1.807, 2.05) is 0 Å². The first kappa shape index (κ1) is 30.8. The predicted molar refractivity (Wildman–Crippen MR) is 136 cm³/mol. The molecule has 0 bridgehead atoms. The Morgan fingerprint density at radius 3 is 2.18 bits per heavy atom. The van der Waals surface area contributed by atoms with Crippen LogP contribution in [0.1, 0.15) is 64.2 Å². The summed E-state index contributed by atoms with van der Waals surface area (Å²) in [7, 11) is -3.31. The van der Waals surface area contributed by atoms with Crippen LogP contribution >= 0.6 is 11.6 Å². The standard InChI is InChI=1S/C23H41ClF4N6O3S/c24-18-12-17(6-7-19(18)25)30-21-31-20(32-22(33-21)37-14-23(26,27)28)29-16-8-10-34(11-9-16)38(35,36)13-15-4-2-1-3-5-15/h15-22,29-33H,1-14H2. The van der Waals surface area contributed by atoms with E-state index < -0.39 is 53.7 Å². The van der Waals surface area contributed by atoms with E-state index in [2.05, 4.69) is 26.6 Å². The van der Waals surface area contributed by atoms with E-state index in [0.717, 1.165) is 25.7 Å². The molecule has 0 aromatic heterocycles. The van der Waals surface area contributed by atoms with Crippen molar-refractivity contribution in [2.75, 3.05) is 25.4 Å². The molecule has 0 aromatic rings. The Labute approximate surface area is 228 Å². The van der Waals surface area contributed by atoms with Gasteiger partial charge in [-0.05, 0) is 44.9 Å². The van der Waals surface area contributed by atoms with Gasteiger partial charge < -0.3 is 9.29 Å². The zero-order chi connectivity index (χ0) is 27.3. The quantitative estimate of drug-likeness (QED) is 0.158. The van der Waals surface area contributed by atoms with Gasteiger partial charge in [0.2, 0.25) is 0 Å². The number of hydrogen-bond acceptors (Lipinski definition) is 8. The molecule has 7 atom stereocenters. The monoisotopic (exact) mass is 592 g/mol. The molecule has 4 fully saturated rings. The predicted octanol–water partition coefficient (Wildman–Crippen LogP) is 2.47. The van der Waals surface area contributed by atoms with Crippen LogP contribution in [-0.4, -0.2) is 83.0 Å². The van der Waals surface area contributed by atoms with Gasteiger partial charge in [-0.1, -0.05) is 23.5 Å². The van der Waals surface area contributed by atoms with Gasteiger partial charge in [-0.2, -0.15) is 13.2 Å². The van der Waals surface area contributed by atoms with Crippen molar-refractivity contribution in [1.82, 2.24) is 30.9 Å². The van der Waals surface area contributed by atoms with Crippen LogP contribution < -0.4 is 26.6 Å². The number of ether oxygens (including phenoxy) is 1. The number of sulfonamides is 1. The highest BCUT2D eigenvalue weighted by atomic mass is 35.5. The van der Waals surface area contributed by atoms with Crippen molar-refractivity contribution in [3.05, 3.63) is 0 Å². The Hall–Kier alpha value is -0.160. The molecule has 0 amide bonds. The summed E-state index contributed by atoms with van der Waals surface area (Å²) in [4.78, 5) is 0. The third-order valence-corrected chi connectivity index (χ3v) is 10.4. The maximum atomic E-state index is 13.8. The summed E-state index contributed by atoms with van der Waals surface area (Å²) in [6, 6.07) is -0.161. The fourth-order valence-electron chi connectivity index (χ4n) is 5.84.